The second-order valence-electron chi connectivity index (χ2n) is 5.93. The number of anilines is 1. The van der Waals surface area contributed by atoms with Crippen LogP contribution in [0, 0.1) is 5.82 Å². The SMILES string of the molecule is CC(C)(C)c1ccc(CNc2ccc(F)c(Br)c2)cc1. The van der Waals surface area contributed by atoms with Gasteiger partial charge in [-0.25, -0.2) is 4.39 Å². The number of benzene rings is 2. The molecule has 1 N–H and O–H groups in total. The summed E-state index contributed by atoms with van der Waals surface area (Å²) >= 11 is 3.19. The van der Waals surface area contributed by atoms with E-state index in [0.717, 1.165) is 12.2 Å². The van der Waals surface area contributed by atoms with Gasteiger partial charge in [-0.05, 0) is 50.7 Å². The van der Waals surface area contributed by atoms with E-state index in [1.54, 1.807) is 12.1 Å². The zero-order chi connectivity index (χ0) is 14.8. The molecule has 106 valence electrons. The highest BCUT2D eigenvalue weighted by Gasteiger charge is 2.12. The number of rotatable bonds is 3. The van der Waals surface area contributed by atoms with Gasteiger partial charge >= 0.3 is 0 Å². The summed E-state index contributed by atoms with van der Waals surface area (Å²) in [6.45, 7) is 7.34. The van der Waals surface area contributed by atoms with Gasteiger partial charge in [-0.2, -0.15) is 0 Å². The van der Waals surface area contributed by atoms with Crippen molar-refractivity contribution in [1.82, 2.24) is 0 Å². The summed E-state index contributed by atoms with van der Waals surface area (Å²) in [6, 6.07) is 13.5. The second-order valence-corrected chi connectivity index (χ2v) is 6.78. The lowest BCUT2D eigenvalue weighted by molar-refractivity contribution is 0.590. The monoisotopic (exact) mass is 335 g/mol. The summed E-state index contributed by atoms with van der Waals surface area (Å²) in [5.74, 6) is -0.245. The van der Waals surface area contributed by atoms with Gasteiger partial charge in [-0.1, -0.05) is 45.0 Å². The van der Waals surface area contributed by atoms with Crippen molar-refractivity contribution < 1.29 is 4.39 Å². The van der Waals surface area contributed by atoms with Gasteiger partial charge in [0.15, 0.2) is 0 Å². The molecule has 0 aromatic heterocycles. The fourth-order valence-corrected chi connectivity index (χ4v) is 2.31. The van der Waals surface area contributed by atoms with Gasteiger partial charge in [0.1, 0.15) is 5.82 Å². The third-order valence-corrected chi connectivity index (χ3v) is 3.84. The first-order valence-electron chi connectivity index (χ1n) is 6.64. The Labute approximate surface area is 128 Å². The quantitative estimate of drug-likeness (QED) is 0.781. The van der Waals surface area contributed by atoms with Gasteiger partial charge in [0.2, 0.25) is 0 Å². The van der Waals surface area contributed by atoms with Gasteiger partial charge in [-0.15, -0.1) is 0 Å². The fourth-order valence-electron chi connectivity index (χ4n) is 1.93. The average molecular weight is 336 g/mol. The molecule has 2 rings (SSSR count). The first-order chi connectivity index (χ1) is 9.36. The van der Waals surface area contributed by atoms with Crippen molar-refractivity contribution >= 4 is 21.6 Å². The Morgan fingerprint density at radius 2 is 1.70 bits per heavy atom. The van der Waals surface area contributed by atoms with Crippen LogP contribution in [0.4, 0.5) is 10.1 Å². The van der Waals surface area contributed by atoms with E-state index >= 15 is 0 Å². The van der Waals surface area contributed by atoms with Crippen molar-refractivity contribution in [3.8, 4) is 0 Å². The first-order valence-corrected chi connectivity index (χ1v) is 7.44. The van der Waals surface area contributed by atoms with Crippen LogP contribution < -0.4 is 5.32 Å². The zero-order valence-corrected chi connectivity index (χ0v) is 13.6. The van der Waals surface area contributed by atoms with E-state index < -0.39 is 0 Å². The topological polar surface area (TPSA) is 12.0 Å². The van der Waals surface area contributed by atoms with Crippen LogP contribution >= 0.6 is 15.9 Å². The maximum Gasteiger partial charge on any atom is 0.137 e. The molecular weight excluding hydrogens is 317 g/mol. The molecule has 2 aromatic carbocycles. The molecule has 0 radical (unpaired) electrons. The summed E-state index contributed by atoms with van der Waals surface area (Å²) < 4.78 is 13.6. The van der Waals surface area contributed by atoms with E-state index in [0.29, 0.717) is 4.47 Å². The number of hydrogen-bond acceptors (Lipinski definition) is 1. The van der Waals surface area contributed by atoms with Crippen molar-refractivity contribution in [2.24, 2.45) is 0 Å². The van der Waals surface area contributed by atoms with Crippen molar-refractivity contribution in [3.05, 3.63) is 63.9 Å². The highest BCUT2D eigenvalue weighted by atomic mass is 79.9. The van der Waals surface area contributed by atoms with Gasteiger partial charge < -0.3 is 5.32 Å². The van der Waals surface area contributed by atoms with Crippen LogP contribution in [0.5, 0.6) is 0 Å². The zero-order valence-electron chi connectivity index (χ0n) is 12.0. The predicted molar refractivity (Wildman–Crippen MR) is 86.6 cm³/mol. The Kier molecular flexibility index (Phi) is 4.48. The van der Waals surface area contributed by atoms with Crippen molar-refractivity contribution in [2.75, 3.05) is 5.32 Å². The molecule has 0 aliphatic rings. The summed E-state index contributed by atoms with van der Waals surface area (Å²) in [5.41, 5.74) is 3.61. The minimum atomic E-state index is -0.245. The minimum absolute atomic E-state index is 0.174. The Balaban J connectivity index is 2.02. The maximum absolute atomic E-state index is 13.1. The van der Waals surface area contributed by atoms with Gasteiger partial charge in [0.25, 0.3) is 0 Å². The van der Waals surface area contributed by atoms with Gasteiger partial charge in [0.05, 0.1) is 4.47 Å². The van der Waals surface area contributed by atoms with Crippen LogP contribution in [0.2, 0.25) is 0 Å². The predicted octanol–water partition coefficient (Wildman–Crippen LogP) is 5.50. The molecule has 3 heteroatoms. The van der Waals surface area contributed by atoms with Crippen molar-refractivity contribution in [1.29, 1.82) is 0 Å². The molecule has 0 unspecified atom stereocenters. The lowest BCUT2D eigenvalue weighted by Gasteiger charge is -2.19. The largest absolute Gasteiger partial charge is 0.381 e. The third-order valence-electron chi connectivity index (χ3n) is 3.24. The third kappa shape index (κ3) is 3.83. The average Bonchev–Trinajstić information content (AvgIpc) is 2.40. The fraction of sp³-hybridized carbons (Fsp3) is 0.294. The molecule has 1 nitrogen and oxygen atoms in total. The molecule has 0 amide bonds. The van der Waals surface area contributed by atoms with Crippen LogP contribution in [0.25, 0.3) is 0 Å². The summed E-state index contributed by atoms with van der Waals surface area (Å²) in [4.78, 5) is 0. The van der Waals surface area contributed by atoms with Crippen LogP contribution in [-0.2, 0) is 12.0 Å². The Hall–Kier alpha value is -1.35. The first kappa shape index (κ1) is 15.0. The van der Waals surface area contributed by atoms with E-state index in [1.807, 2.05) is 0 Å². The molecule has 0 heterocycles. The molecule has 0 aliphatic carbocycles. The summed E-state index contributed by atoms with van der Waals surface area (Å²) in [5, 5.41) is 3.29. The summed E-state index contributed by atoms with van der Waals surface area (Å²) in [6.07, 6.45) is 0. The molecule has 20 heavy (non-hydrogen) atoms. The number of hydrogen-bond donors (Lipinski definition) is 1. The second kappa shape index (κ2) is 5.96. The molecule has 0 saturated carbocycles. The van der Waals surface area contributed by atoms with Crippen LogP contribution in [-0.4, -0.2) is 0 Å². The lowest BCUT2D eigenvalue weighted by atomic mass is 9.87. The van der Waals surface area contributed by atoms with Crippen LogP contribution in [0.15, 0.2) is 46.9 Å². The van der Waals surface area contributed by atoms with Crippen molar-refractivity contribution in [2.45, 2.75) is 32.7 Å². The van der Waals surface area contributed by atoms with E-state index in [-0.39, 0.29) is 11.2 Å². The maximum atomic E-state index is 13.1. The Morgan fingerprint density at radius 3 is 2.25 bits per heavy atom. The highest BCUT2D eigenvalue weighted by Crippen LogP contribution is 2.23. The van der Waals surface area contributed by atoms with E-state index in [9.17, 15) is 4.39 Å². The van der Waals surface area contributed by atoms with E-state index in [1.165, 1.54) is 17.2 Å². The molecule has 0 aliphatic heterocycles. The molecule has 0 saturated heterocycles. The van der Waals surface area contributed by atoms with Gasteiger partial charge in [-0.3, -0.25) is 0 Å². The number of nitrogens with one attached hydrogen (secondary N) is 1. The van der Waals surface area contributed by atoms with Crippen molar-refractivity contribution in [3.63, 3.8) is 0 Å². The van der Waals surface area contributed by atoms with Crippen LogP contribution in [0.3, 0.4) is 0 Å². The molecule has 0 fully saturated rings. The Morgan fingerprint density at radius 1 is 1.05 bits per heavy atom. The smallest absolute Gasteiger partial charge is 0.137 e. The highest BCUT2D eigenvalue weighted by molar-refractivity contribution is 9.10. The molecule has 0 atom stereocenters. The lowest BCUT2D eigenvalue weighted by Crippen LogP contribution is -2.11. The van der Waals surface area contributed by atoms with E-state index in [2.05, 4.69) is 66.3 Å². The molecule has 0 spiro atoms. The number of halogens is 2. The minimum Gasteiger partial charge on any atom is -0.381 e. The normalized spacial score (nSPS) is 11.4. The molecular formula is C17H19BrFN. The Bertz CT molecular complexity index is 585. The van der Waals surface area contributed by atoms with Crippen LogP contribution in [0.1, 0.15) is 31.9 Å². The molecule has 0 bridgehead atoms. The summed E-state index contributed by atoms with van der Waals surface area (Å²) in [7, 11) is 0. The van der Waals surface area contributed by atoms with Gasteiger partial charge in [0, 0.05) is 12.2 Å². The standard InChI is InChI=1S/C17H19BrFN/c1-17(2,3)13-6-4-12(5-7-13)11-20-14-8-9-16(19)15(18)10-14/h4-10,20H,11H2,1-3H3. The molecule has 2 aromatic rings. The van der Waals surface area contributed by atoms with E-state index in [4.69, 9.17) is 0 Å².